The molecule has 1 aromatic heterocycles. The van der Waals surface area contributed by atoms with Crippen LogP contribution in [-0.2, 0) is 16.6 Å². The molecule has 0 aliphatic heterocycles. The van der Waals surface area contributed by atoms with Crippen LogP contribution in [0.1, 0.15) is 16.8 Å². The molecular weight excluding hydrogens is 307 g/mol. The van der Waals surface area contributed by atoms with Gasteiger partial charge >= 0.3 is 0 Å². The smallest absolute Gasteiger partial charge is 0.244 e. The average molecular weight is 324 g/mol. The normalized spacial score (nSPS) is 11.5. The molecule has 0 saturated carbocycles. The number of hydrogen-bond donors (Lipinski definition) is 1. The van der Waals surface area contributed by atoms with Crippen molar-refractivity contribution in [1.82, 2.24) is 9.71 Å². The lowest BCUT2D eigenvalue weighted by atomic mass is 10.1. The molecule has 7 heteroatoms. The van der Waals surface area contributed by atoms with Crippen molar-refractivity contribution in [2.45, 2.75) is 25.3 Å². The number of pyridine rings is 1. The number of aromatic nitrogens is 1. The molecule has 0 atom stereocenters. The largest absolute Gasteiger partial charge is 0.495 e. The van der Waals surface area contributed by atoms with Crippen molar-refractivity contribution < 1.29 is 17.5 Å². The summed E-state index contributed by atoms with van der Waals surface area (Å²) in [5.41, 5.74) is 1.78. The fourth-order valence-electron chi connectivity index (χ4n) is 1.92. The number of aryl methyl sites for hydroxylation is 2. The number of hydrogen-bond acceptors (Lipinski definition) is 4. The Labute approximate surface area is 129 Å². The van der Waals surface area contributed by atoms with Gasteiger partial charge in [0.25, 0.3) is 0 Å². The first-order valence-electron chi connectivity index (χ1n) is 6.59. The van der Waals surface area contributed by atoms with Gasteiger partial charge in [0, 0.05) is 6.20 Å². The second kappa shape index (κ2) is 6.41. The maximum Gasteiger partial charge on any atom is 0.244 e. The minimum Gasteiger partial charge on any atom is -0.495 e. The van der Waals surface area contributed by atoms with Crippen LogP contribution in [0.25, 0.3) is 0 Å². The molecule has 1 heterocycles. The Morgan fingerprint density at radius 2 is 1.95 bits per heavy atom. The highest BCUT2D eigenvalue weighted by Crippen LogP contribution is 2.27. The molecule has 0 unspecified atom stereocenters. The van der Waals surface area contributed by atoms with E-state index in [1.54, 1.807) is 6.07 Å². The fourth-order valence-corrected chi connectivity index (χ4v) is 3.14. The Morgan fingerprint density at radius 3 is 2.59 bits per heavy atom. The van der Waals surface area contributed by atoms with Crippen LogP contribution in [0, 0.1) is 19.7 Å². The lowest BCUT2D eigenvalue weighted by molar-refractivity contribution is 0.401. The van der Waals surface area contributed by atoms with E-state index in [1.807, 2.05) is 13.8 Å². The van der Waals surface area contributed by atoms with Gasteiger partial charge in [-0.15, -0.1) is 0 Å². The van der Waals surface area contributed by atoms with Crippen LogP contribution in [0.3, 0.4) is 0 Å². The van der Waals surface area contributed by atoms with Gasteiger partial charge in [-0.3, -0.25) is 4.98 Å². The second-order valence-electron chi connectivity index (χ2n) is 4.84. The van der Waals surface area contributed by atoms with Crippen molar-refractivity contribution in [2.24, 2.45) is 0 Å². The number of nitrogens with zero attached hydrogens (tertiary/aromatic N) is 1. The SMILES string of the molecule is COc1cc(C)c(C)cc1S(=O)(=O)NCc1ncccc1F. The van der Waals surface area contributed by atoms with Crippen molar-refractivity contribution >= 4 is 10.0 Å². The first-order chi connectivity index (χ1) is 10.3. The third-order valence-corrected chi connectivity index (χ3v) is 4.76. The third kappa shape index (κ3) is 3.42. The van der Waals surface area contributed by atoms with E-state index in [0.29, 0.717) is 0 Å². The van der Waals surface area contributed by atoms with Crippen LogP contribution in [0.2, 0.25) is 0 Å². The predicted molar refractivity (Wildman–Crippen MR) is 80.7 cm³/mol. The molecule has 0 bridgehead atoms. The van der Waals surface area contributed by atoms with Crippen molar-refractivity contribution in [1.29, 1.82) is 0 Å². The summed E-state index contributed by atoms with van der Waals surface area (Å²) in [6.45, 7) is 3.45. The van der Waals surface area contributed by atoms with Crippen LogP contribution < -0.4 is 9.46 Å². The summed E-state index contributed by atoms with van der Waals surface area (Å²) >= 11 is 0. The average Bonchev–Trinajstić information content (AvgIpc) is 2.48. The van der Waals surface area contributed by atoms with E-state index in [1.165, 1.54) is 31.5 Å². The van der Waals surface area contributed by atoms with Crippen LogP contribution in [0.5, 0.6) is 5.75 Å². The molecular formula is C15H17FN2O3S. The molecule has 0 fully saturated rings. The van der Waals surface area contributed by atoms with Gasteiger partial charge in [-0.25, -0.2) is 17.5 Å². The summed E-state index contributed by atoms with van der Waals surface area (Å²) in [6, 6.07) is 5.86. The number of sulfonamides is 1. The maximum atomic E-state index is 13.5. The minimum absolute atomic E-state index is 0.0226. The lowest BCUT2D eigenvalue weighted by Crippen LogP contribution is -2.25. The van der Waals surface area contributed by atoms with Gasteiger partial charge in [0.05, 0.1) is 19.3 Å². The van der Waals surface area contributed by atoms with Gasteiger partial charge in [-0.2, -0.15) is 0 Å². The fraction of sp³-hybridized carbons (Fsp3) is 0.267. The first-order valence-corrected chi connectivity index (χ1v) is 8.08. The quantitative estimate of drug-likeness (QED) is 0.916. The van der Waals surface area contributed by atoms with Gasteiger partial charge in [-0.1, -0.05) is 0 Å². The van der Waals surface area contributed by atoms with Gasteiger partial charge in [0.1, 0.15) is 16.5 Å². The van der Waals surface area contributed by atoms with E-state index >= 15 is 0 Å². The molecule has 0 amide bonds. The molecule has 0 saturated heterocycles. The van der Waals surface area contributed by atoms with E-state index < -0.39 is 15.8 Å². The standard InChI is InChI=1S/C15H17FN2O3S/c1-10-7-14(21-3)15(8-11(10)2)22(19,20)18-9-13-12(16)5-4-6-17-13/h4-8,18H,9H2,1-3H3. The summed E-state index contributed by atoms with van der Waals surface area (Å²) in [6.07, 6.45) is 1.41. The third-order valence-electron chi connectivity index (χ3n) is 3.33. The Kier molecular flexibility index (Phi) is 4.77. The van der Waals surface area contributed by atoms with Gasteiger partial charge in [0.15, 0.2) is 0 Å². The van der Waals surface area contributed by atoms with Gasteiger partial charge < -0.3 is 4.74 Å². The highest BCUT2D eigenvalue weighted by molar-refractivity contribution is 7.89. The molecule has 0 aliphatic rings. The Hall–Kier alpha value is -1.99. The van der Waals surface area contributed by atoms with Crippen LogP contribution in [0.15, 0.2) is 35.4 Å². The number of halogens is 1. The van der Waals surface area contributed by atoms with Crippen molar-refractivity contribution in [3.8, 4) is 5.75 Å². The highest BCUT2D eigenvalue weighted by atomic mass is 32.2. The number of methoxy groups -OCH3 is 1. The zero-order valence-corrected chi connectivity index (χ0v) is 13.4. The van der Waals surface area contributed by atoms with Crippen LogP contribution in [-0.4, -0.2) is 20.5 Å². The molecule has 0 radical (unpaired) electrons. The second-order valence-corrected chi connectivity index (χ2v) is 6.58. The lowest BCUT2D eigenvalue weighted by Gasteiger charge is -2.13. The molecule has 118 valence electrons. The molecule has 1 N–H and O–H groups in total. The Morgan fingerprint density at radius 1 is 1.27 bits per heavy atom. The zero-order valence-electron chi connectivity index (χ0n) is 12.6. The van der Waals surface area contributed by atoms with Crippen molar-refractivity contribution in [3.63, 3.8) is 0 Å². The van der Waals surface area contributed by atoms with E-state index in [-0.39, 0.29) is 22.9 Å². The van der Waals surface area contributed by atoms with Gasteiger partial charge in [0.2, 0.25) is 10.0 Å². The predicted octanol–water partition coefficient (Wildman–Crippen LogP) is 2.32. The minimum atomic E-state index is -3.84. The van der Waals surface area contributed by atoms with Gasteiger partial charge in [-0.05, 0) is 49.2 Å². The summed E-state index contributed by atoms with van der Waals surface area (Å²) in [4.78, 5) is 3.84. The highest BCUT2D eigenvalue weighted by Gasteiger charge is 2.21. The number of benzene rings is 1. The molecule has 22 heavy (non-hydrogen) atoms. The van der Waals surface area contributed by atoms with E-state index in [0.717, 1.165) is 11.1 Å². The number of nitrogens with one attached hydrogen (secondary N) is 1. The molecule has 5 nitrogen and oxygen atoms in total. The van der Waals surface area contributed by atoms with Crippen molar-refractivity contribution in [2.75, 3.05) is 7.11 Å². The van der Waals surface area contributed by atoms with E-state index in [9.17, 15) is 12.8 Å². The summed E-state index contributed by atoms with van der Waals surface area (Å²) in [5, 5.41) is 0. The maximum absolute atomic E-state index is 13.5. The molecule has 1 aromatic carbocycles. The summed E-state index contributed by atoms with van der Waals surface area (Å²) < 4.78 is 45.8. The van der Waals surface area contributed by atoms with E-state index in [4.69, 9.17) is 4.74 Å². The van der Waals surface area contributed by atoms with E-state index in [2.05, 4.69) is 9.71 Å². The number of rotatable bonds is 5. The Balaban J connectivity index is 2.31. The first kappa shape index (κ1) is 16.4. The molecule has 0 aliphatic carbocycles. The molecule has 0 spiro atoms. The van der Waals surface area contributed by atoms with Crippen molar-refractivity contribution in [3.05, 3.63) is 53.1 Å². The monoisotopic (exact) mass is 324 g/mol. The summed E-state index contributed by atoms with van der Waals surface area (Å²) in [5.74, 6) is -0.311. The zero-order chi connectivity index (χ0) is 16.3. The Bertz CT molecular complexity index is 791. The summed E-state index contributed by atoms with van der Waals surface area (Å²) in [7, 11) is -2.43. The number of ether oxygens (including phenoxy) is 1. The topological polar surface area (TPSA) is 68.3 Å². The molecule has 2 rings (SSSR count). The molecule has 2 aromatic rings. The van der Waals surface area contributed by atoms with Crippen LogP contribution in [0.4, 0.5) is 4.39 Å². The van der Waals surface area contributed by atoms with Crippen LogP contribution >= 0.6 is 0 Å².